The third-order valence-electron chi connectivity index (χ3n) is 4.07. The molecule has 0 aliphatic rings. The van der Waals surface area contributed by atoms with Gasteiger partial charge in [-0.3, -0.25) is 0 Å². The van der Waals surface area contributed by atoms with Crippen LogP contribution in [-0.2, 0) is 0 Å². The summed E-state index contributed by atoms with van der Waals surface area (Å²) in [5.41, 5.74) is 9.08. The SMILES string of the molecule is COc1cc(-c2cc(-c3cc(C)c(C)o3)c(C#N)c(N)n2)ccc1O. The first-order valence-electron chi connectivity index (χ1n) is 7.60. The van der Waals surface area contributed by atoms with Gasteiger partial charge in [0.25, 0.3) is 0 Å². The number of anilines is 1. The lowest BCUT2D eigenvalue weighted by Gasteiger charge is -2.10. The number of hydrogen-bond acceptors (Lipinski definition) is 6. The molecule has 0 spiro atoms. The minimum atomic E-state index is 0.0328. The minimum absolute atomic E-state index is 0.0328. The van der Waals surface area contributed by atoms with E-state index < -0.39 is 0 Å². The number of pyridine rings is 1. The van der Waals surface area contributed by atoms with E-state index in [-0.39, 0.29) is 17.1 Å². The highest BCUT2D eigenvalue weighted by Gasteiger charge is 2.17. The predicted octanol–water partition coefficient (Wildman–Crippen LogP) is 3.79. The Morgan fingerprint density at radius 3 is 2.60 bits per heavy atom. The van der Waals surface area contributed by atoms with E-state index in [9.17, 15) is 10.4 Å². The molecule has 0 atom stereocenters. The molecule has 1 aromatic carbocycles. The molecule has 0 radical (unpaired) electrons. The van der Waals surface area contributed by atoms with Crippen molar-refractivity contribution < 1.29 is 14.3 Å². The maximum atomic E-state index is 9.76. The van der Waals surface area contributed by atoms with E-state index in [2.05, 4.69) is 11.1 Å². The van der Waals surface area contributed by atoms with E-state index >= 15 is 0 Å². The van der Waals surface area contributed by atoms with E-state index in [1.165, 1.54) is 13.2 Å². The van der Waals surface area contributed by atoms with Crippen LogP contribution >= 0.6 is 0 Å². The van der Waals surface area contributed by atoms with Gasteiger partial charge in [0, 0.05) is 11.1 Å². The summed E-state index contributed by atoms with van der Waals surface area (Å²) >= 11 is 0. The lowest BCUT2D eigenvalue weighted by molar-refractivity contribution is 0.373. The highest BCUT2D eigenvalue weighted by Crippen LogP contribution is 2.36. The van der Waals surface area contributed by atoms with Gasteiger partial charge >= 0.3 is 0 Å². The summed E-state index contributed by atoms with van der Waals surface area (Å²) in [6.45, 7) is 3.80. The number of methoxy groups -OCH3 is 1. The number of nitrogens with zero attached hydrogens (tertiary/aromatic N) is 2. The molecule has 6 nitrogen and oxygen atoms in total. The first-order valence-corrected chi connectivity index (χ1v) is 7.60. The summed E-state index contributed by atoms with van der Waals surface area (Å²) in [6, 6.07) is 10.6. The first-order chi connectivity index (χ1) is 11.9. The lowest BCUT2D eigenvalue weighted by Crippen LogP contribution is -1.99. The smallest absolute Gasteiger partial charge is 0.161 e. The summed E-state index contributed by atoms with van der Waals surface area (Å²) in [5.74, 6) is 1.82. The third kappa shape index (κ3) is 2.88. The number of nitrogens with two attached hydrogens (primary N) is 1. The minimum Gasteiger partial charge on any atom is -0.504 e. The molecule has 0 aliphatic carbocycles. The van der Waals surface area contributed by atoms with Crippen molar-refractivity contribution in [2.24, 2.45) is 0 Å². The summed E-state index contributed by atoms with van der Waals surface area (Å²) in [4.78, 5) is 4.31. The molecule has 3 aromatic rings. The number of benzene rings is 1. The van der Waals surface area contributed by atoms with Crippen molar-refractivity contribution in [1.82, 2.24) is 4.98 Å². The van der Waals surface area contributed by atoms with Crippen molar-refractivity contribution in [2.75, 3.05) is 12.8 Å². The van der Waals surface area contributed by atoms with E-state index in [0.717, 1.165) is 11.3 Å². The average molecular weight is 335 g/mol. The second kappa shape index (κ2) is 6.21. The third-order valence-corrected chi connectivity index (χ3v) is 4.07. The fourth-order valence-electron chi connectivity index (χ4n) is 2.57. The topological polar surface area (TPSA) is 105 Å². The number of aromatic nitrogens is 1. The van der Waals surface area contributed by atoms with E-state index in [4.69, 9.17) is 14.9 Å². The van der Waals surface area contributed by atoms with Crippen LogP contribution in [0.25, 0.3) is 22.6 Å². The molecule has 3 rings (SSSR count). The molecule has 2 heterocycles. The fourth-order valence-corrected chi connectivity index (χ4v) is 2.57. The molecular formula is C19H17N3O3. The summed E-state index contributed by atoms with van der Waals surface area (Å²) < 4.78 is 10.9. The fraction of sp³-hybridized carbons (Fsp3) is 0.158. The molecular weight excluding hydrogens is 318 g/mol. The highest BCUT2D eigenvalue weighted by molar-refractivity contribution is 5.78. The molecule has 3 N–H and O–H groups in total. The van der Waals surface area contributed by atoms with Crippen LogP contribution in [0, 0.1) is 25.2 Å². The standard InChI is InChI=1S/C19H17N3O3/c1-10-6-17(25-11(10)2)13-8-15(22-19(21)14(13)9-20)12-4-5-16(23)18(7-12)24-3/h4-8,23H,1-3H3,(H2,21,22). The normalized spacial score (nSPS) is 10.5. The van der Waals surface area contributed by atoms with Gasteiger partial charge in [0.2, 0.25) is 0 Å². The van der Waals surface area contributed by atoms with Gasteiger partial charge in [0.05, 0.1) is 12.8 Å². The quantitative estimate of drug-likeness (QED) is 0.754. The Bertz CT molecular complexity index is 980. The number of phenols is 1. The van der Waals surface area contributed by atoms with Gasteiger partial charge < -0.3 is 20.0 Å². The van der Waals surface area contributed by atoms with E-state index in [1.54, 1.807) is 18.2 Å². The number of ether oxygens (including phenoxy) is 1. The molecule has 126 valence electrons. The number of nitriles is 1. The van der Waals surface area contributed by atoms with Crippen LogP contribution in [0.15, 0.2) is 34.7 Å². The largest absolute Gasteiger partial charge is 0.504 e. The van der Waals surface area contributed by atoms with E-state index in [1.807, 2.05) is 19.9 Å². The zero-order chi connectivity index (χ0) is 18.1. The Balaban J connectivity index is 2.22. The summed E-state index contributed by atoms with van der Waals surface area (Å²) in [6.07, 6.45) is 0. The van der Waals surface area contributed by atoms with Gasteiger partial charge in [-0.15, -0.1) is 0 Å². The van der Waals surface area contributed by atoms with Crippen molar-refractivity contribution >= 4 is 5.82 Å². The monoisotopic (exact) mass is 335 g/mol. The van der Waals surface area contributed by atoms with Crippen molar-refractivity contribution in [3.05, 3.63) is 47.2 Å². The van der Waals surface area contributed by atoms with Gasteiger partial charge in [0.15, 0.2) is 11.5 Å². The van der Waals surface area contributed by atoms with Gasteiger partial charge in [-0.05, 0) is 49.7 Å². The van der Waals surface area contributed by atoms with Crippen molar-refractivity contribution in [3.63, 3.8) is 0 Å². The number of rotatable bonds is 3. The van der Waals surface area contributed by atoms with Crippen molar-refractivity contribution in [2.45, 2.75) is 13.8 Å². The van der Waals surface area contributed by atoms with Crippen LogP contribution in [0.1, 0.15) is 16.9 Å². The van der Waals surface area contributed by atoms with Crippen LogP contribution in [0.3, 0.4) is 0 Å². The Hall–Kier alpha value is -3.46. The zero-order valence-electron chi connectivity index (χ0n) is 14.1. The van der Waals surface area contributed by atoms with Gasteiger partial charge in [0.1, 0.15) is 29.0 Å². The molecule has 25 heavy (non-hydrogen) atoms. The van der Waals surface area contributed by atoms with Gasteiger partial charge in [-0.25, -0.2) is 4.98 Å². The van der Waals surface area contributed by atoms with E-state index in [0.29, 0.717) is 28.3 Å². The first kappa shape index (κ1) is 16.4. The lowest BCUT2D eigenvalue weighted by atomic mass is 10.0. The Morgan fingerprint density at radius 2 is 2.00 bits per heavy atom. The highest BCUT2D eigenvalue weighted by atomic mass is 16.5. The Kier molecular flexibility index (Phi) is 4.07. The van der Waals surface area contributed by atoms with Crippen molar-refractivity contribution in [1.29, 1.82) is 5.26 Å². The number of nitrogen functional groups attached to an aromatic ring is 1. The van der Waals surface area contributed by atoms with Crippen molar-refractivity contribution in [3.8, 4) is 40.1 Å². The number of aromatic hydroxyl groups is 1. The summed E-state index contributed by atoms with van der Waals surface area (Å²) in [5, 5.41) is 19.2. The molecule has 0 fully saturated rings. The second-order valence-corrected chi connectivity index (χ2v) is 5.66. The molecule has 0 aliphatic heterocycles. The molecule has 0 bridgehead atoms. The number of phenolic OH excluding ortho intramolecular Hbond substituents is 1. The molecule has 0 amide bonds. The number of furan rings is 1. The molecule has 0 unspecified atom stereocenters. The molecule has 6 heteroatoms. The van der Waals surface area contributed by atoms with Gasteiger partial charge in [-0.2, -0.15) is 5.26 Å². The molecule has 0 saturated heterocycles. The Morgan fingerprint density at radius 1 is 1.24 bits per heavy atom. The number of aryl methyl sites for hydroxylation is 2. The van der Waals surface area contributed by atoms with Crippen LogP contribution in [0.2, 0.25) is 0 Å². The Labute approximate surface area is 145 Å². The second-order valence-electron chi connectivity index (χ2n) is 5.66. The van der Waals surface area contributed by atoms with Crippen LogP contribution in [-0.4, -0.2) is 17.2 Å². The zero-order valence-corrected chi connectivity index (χ0v) is 14.1. The molecule has 2 aromatic heterocycles. The molecule has 0 saturated carbocycles. The maximum Gasteiger partial charge on any atom is 0.161 e. The number of hydrogen-bond donors (Lipinski definition) is 2. The summed E-state index contributed by atoms with van der Waals surface area (Å²) in [7, 11) is 1.47. The van der Waals surface area contributed by atoms with Crippen LogP contribution in [0.5, 0.6) is 11.5 Å². The maximum absolute atomic E-state index is 9.76. The van der Waals surface area contributed by atoms with Crippen LogP contribution < -0.4 is 10.5 Å². The predicted molar refractivity (Wildman–Crippen MR) is 94.2 cm³/mol. The average Bonchev–Trinajstić information content (AvgIpc) is 2.93. The van der Waals surface area contributed by atoms with Crippen LogP contribution in [0.4, 0.5) is 5.82 Å². The van der Waals surface area contributed by atoms with Gasteiger partial charge in [-0.1, -0.05) is 0 Å².